The molecular formula is C27H29N3O3. The Balaban J connectivity index is 1.77. The first-order valence-electron chi connectivity index (χ1n) is 11.3. The largest absolute Gasteiger partial charge is 0.385 e. The molecule has 1 heterocycles. The number of para-hydroxylation sites is 1. The van der Waals surface area contributed by atoms with Gasteiger partial charge < -0.3 is 9.64 Å². The number of aromatic nitrogens is 2. The lowest BCUT2D eigenvalue weighted by Crippen LogP contribution is -2.38. The van der Waals surface area contributed by atoms with Crippen molar-refractivity contribution in [1.82, 2.24) is 14.5 Å². The van der Waals surface area contributed by atoms with Crippen LogP contribution in [0.3, 0.4) is 0 Å². The molecule has 0 aliphatic heterocycles. The summed E-state index contributed by atoms with van der Waals surface area (Å²) in [6.45, 7) is 5.38. The molecule has 0 saturated carbocycles. The van der Waals surface area contributed by atoms with Gasteiger partial charge in [0, 0.05) is 32.4 Å². The summed E-state index contributed by atoms with van der Waals surface area (Å²) in [7, 11) is 1.65. The third-order valence-electron chi connectivity index (χ3n) is 6.05. The molecule has 0 saturated heterocycles. The van der Waals surface area contributed by atoms with Gasteiger partial charge in [0.2, 0.25) is 0 Å². The van der Waals surface area contributed by atoms with E-state index in [0.29, 0.717) is 48.4 Å². The number of rotatable bonds is 8. The number of carbonyl (C=O) groups is 1. The Kier molecular flexibility index (Phi) is 6.84. The smallest absolute Gasteiger partial charge is 0.261 e. The summed E-state index contributed by atoms with van der Waals surface area (Å²) in [5.74, 6) is 0.502. The normalized spacial score (nSPS) is 12.2. The van der Waals surface area contributed by atoms with Gasteiger partial charge in [0.15, 0.2) is 0 Å². The fourth-order valence-corrected chi connectivity index (χ4v) is 4.29. The molecule has 1 atom stereocenters. The fraction of sp³-hybridized carbons (Fsp3) is 0.296. The van der Waals surface area contributed by atoms with Gasteiger partial charge in [0.25, 0.3) is 11.5 Å². The number of methoxy groups -OCH3 is 1. The molecule has 0 N–H and O–H groups in total. The summed E-state index contributed by atoms with van der Waals surface area (Å²) < 4.78 is 6.90. The third kappa shape index (κ3) is 4.52. The number of ether oxygens (including phenoxy) is 1. The molecule has 1 unspecified atom stereocenters. The number of amides is 1. The highest BCUT2D eigenvalue weighted by molar-refractivity contribution is 5.98. The van der Waals surface area contributed by atoms with Crippen molar-refractivity contribution in [1.29, 1.82) is 0 Å². The number of hydrogen-bond donors (Lipinski definition) is 0. The first-order chi connectivity index (χ1) is 16.0. The quantitative estimate of drug-likeness (QED) is 0.367. The Labute approximate surface area is 193 Å². The van der Waals surface area contributed by atoms with E-state index in [2.05, 4.69) is 0 Å². The van der Waals surface area contributed by atoms with Crippen molar-refractivity contribution < 1.29 is 9.53 Å². The minimum atomic E-state index is -0.391. The molecule has 33 heavy (non-hydrogen) atoms. The zero-order valence-electron chi connectivity index (χ0n) is 19.3. The molecule has 1 amide bonds. The molecule has 0 spiro atoms. The molecule has 6 nitrogen and oxygen atoms in total. The summed E-state index contributed by atoms with van der Waals surface area (Å²) in [4.78, 5) is 33.5. The molecule has 6 heteroatoms. The Morgan fingerprint density at radius 1 is 1.06 bits per heavy atom. The van der Waals surface area contributed by atoms with Gasteiger partial charge in [0.1, 0.15) is 5.82 Å². The Bertz CT molecular complexity index is 1350. The van der Waals surface area contributed by atoms with E-state index in [0.717, 1.165) is 10.8 Å². The zero-order chi connectivity index (χ0) is 23.4. The summed E-state index contributed by atoms with van der Waals surface area (Å²) in [5.41, 5.74) is 1.17. The summed E-state index contributed by atoms with van der Waals surface area (Å²) >= 11 is 0. The van der Waals surface area contributed by atoms with E-state index < -0.39 is 6.04 Å². The number of nitrogens with zero attached hydrogens (tertiary/aromatic N) is 3. The lowest BCUT2D eigenvalue weighted by Gasteiger charge is -2.30. The van der Waals surface area contributed by atoms with Gasteiger partial charge in [-0.15, -0.1) is 0 Å². The predicted molar refractivity (Wildman–Crippen MR) is 132 cm³/mol. The van der Waals surface area contributed by atoms with Gasteiger partial charge in [-0.05, 0) is 55.3 Å². The molecule has 0 fully saturated rings. The first-order valence-corrected chi connectivity index (χ1v) is 11.3. The van der Waals surface area contributed by atoms with Crippen LogP contribution in [0.15, 0.2) is 71.5 Å². The average Bonchev–Trinajstić information content (AvgIpc) is 2.85. The molecule has 4 aromatic rings. The minimum Gasteiger partial charge on any atom is -0.385 e. The molecule has 1 aromatic heterocycles. The maximum absolute atomic E-state index is 13.7. The lowest BCUT2D eigenvalue weighted by molar-refractivity contribution is 0.0655. The average molecular weight is 444 g/mol. The summed E-state index contributed by atoms with van der Waals surface area (Å²) in [6.07, 6.45) is 0.685. The van der Waals surface area contributed by atoms with Gasteiger partial charge >= 0.3 is 0 Å². The first kappa shape index (κ1) is 22.7. The highest BCUT2D eigenvalue weighted by atomic mass is 16.5. The second-order valence-electron chi connectivity index (χ2n) is 8.12. The monoisotopic (exact) mass is 443 g/mol. The van der Waals surface area contributed by atoms with Gasteiger partial charge in [0.05, 0.1) is 16.9 Å². The molecule has 0 radical (unpaired) electrons. The van der Waals surface area contributed by atoms with Crippen molar-refractivity contribution in [2.75, 3.05) is 20.3 Å². The SMILES string of the molecule is CCn1c(C(C)N(CCCOC)C(=O)c2ccc3ccccc3c2)nc2ccccc2c1=O. The van der Waals surface area contributed by atoms with Crippen LogP contribution in [0, 0.1) is 0 Å². The molecule has 0 aliphatic rings. The van der Waals surface area contributed by atoms with Crippen LogP contribution < -0.4 is 5.56 Å². The maximum Gasteiger partial charge on any atom is 0.261 e. The van der Waals surface area contributed by atoms with E-state index in [-0.39, 0.29) is 11.5 Å². The second-order valence-corrected chi connectivity index (χ2v) is 8.12. The molecular weight excluding hydrogens is 414 g/mol. The summed E-state index contributed by atoms with van der Waals surface area (Å²) in [6, 6.07) is 20.7. The number of fused-ring (bicyclic) bond motifs is 2. The number of carbonyl (C=O) groups excluding carboxylic acids is 1. The number of benzene rings is 3. The summed E-state index contributed by atoms with van der Waals surface area (Å²) in [5, 5.41) is 2.69. The van der Waals surface area contributed by atoms with E-state index in [1.54, 1.807) is 22.6 Å². The van der Waals surface area contributed by atoms with E-state index in [1.807, 2.05) is 74.5 Å². The Morgan fingerprint density at radius 3 is 2.55 bits per heavy atom. The van der Waals surface area contributed by atoms with Crippen LogP contribution in [0.1, 0.15) is 42.5 Å². The third-order valence-corrected chi connectivity index (χ3v) is 6.05. The predicted octanol–water partition coefficient (Wildman–Crippen LogP) is 4.81. The standard InChI is InChI=1S/C27H29N3O3/c1-4-29-25(28-24-13-8-7-12-23(24)27(29)32)19(2)30(16-9-17-33-3)26(31)22-15-14-20-10-5-6-11-21(20)18-22/h5-8,10-15,18-19H,4,9,16-17H2,1-3H3. The van der Waals surface area contributed by atoms with Crippen LogP contribution in [0.25, 0.3) is 21.7 Å². The van der Waals surface area contributed by atoms with Crippen LogP contribution in [0.5, 0.6) is 0 Å². The maximum atomic E-state index is 13.7. The van der Waals surface area contributed by atoms with E-state index in [4.69, 9.17) is 9.72 Å². The van der Waals surface area contributed by atoms with Crippen molar-refractivity contribution in [3.05, 3.63) is 88.5 Å². The van der Waals surface area contributed by atoms with Crippen molar-refractivity contribution >= 4 is 27.6 Å². The molecule has 3 aromatic carbocycles. The van der Waals surface area contributed by atoms with Crippen molar-refractivity contribution in [3.63, 3.8) is 0 Å². The highest BCUT2D eigenvalue weighted by Crippen LogP contribution is 2.24. The van der Waals surface area contributed by atoms with Crippen LogP contribution in [-0.2, 0) is 11.3 Å². The van der Waals surface area contributed by atoms with Crippen molar-refractivity contribution in [2.24, 2.45) is 0 Å². The van der Waals surface area contributed by atoms with E-state index in [9.17, 15) is 9.59 Å². The topological polar surface area (TPSA) is 64.4 Å². The molecule has 170 valence electrons. The van der Waals surface area contributed by atoms with Crippen LogP contribution in [0.4, 0.5) is 0 Å². The fourth-order valence-electron chi connectivity index (χ4n) is 4.29. The molecule has 0 aliphatic carbocycles. The Hall–Kier alpha value is -3.51. The van der Waals surface area contributed by atoms with Gasteiger partial charge in [-0.25, -0.2) is 4.98 Å². The second kappa shape index (κ2) is 9.96. The zero-order valence-corrected chi connectivity index (χ0v) is 19.3. The van der Waals surface area contributed by atoms with Gasteiger partial charge in [-0.1, -0.05) is 42.5 Å². The van der Waals surface area contributed by atoms with Gasteiger partial charge in [-0.2, -0.15) is 0 Å². The van der Waals surface area contributed by atoms with E-state index in [1.165, 1.54) is 0 Å². The van der Waals surface area contributed by atoms with Crippen LogP contribution in [0.2, 0.25) is 0 Å². The lowest BCUT2D eigenvalue weighted by atomic mass is 10.1. The van der Waals surface area contributed by atoms with Crippen LogP contribution >= 0.6 is 0 Å². The highest BCUT2D eigenvalue weighted by Gasteiger charge is 2.26. The molecule has 0 bridgehead atoms. The van der Waals surface area contributed by atoms with Crippen molar-refractivity contribution in [2.45, 2.75) is 32.9 Å². The number of hydrogen-bond acceptors (Lipinski definition) is 4. The van der Waals surface area contributed by atoms with E-state index >= 15 is 0 Å². The van der Waals surface area contributed by atoms with Gasteiger partial charge in [-0.3, -0.25) is 14.2 Å². The Morgan fingerprint density at radius 2 is 1.79 bits per heavy atom. The molecule has 4 rings (SSSR count). The van der Waals surface area contributed by atoms with Crippen LogP contribution in [-0.4, -0.2) is 40.6 Å². The minimum absolute atomic E-state index is 0.0834. The van der Waals surface area contributed by atoms with Crippen molar-refractivity contribution in [3.8, 4) is 0 Å².